The molecule has 2 fully saturated rings. The number of imidazole rings is 1. The van der Waals surface area contributed by atoms with Crippen LogP contribution < -0.4 is 0 Å². The summed E-state index contributed by atoms with van der Waals surface area (Å²) in [6.45, 7) is 4.19. The summed E-state index contributed by atoms with van der Waals surface area (Å²) in [4.78, 5) is 18.9. The number of carbonyl (C=O) groups excluding carboxylic acids is 1. The highest BCUT2D eigenvalue weighted by Crippen LogP contribution is 2.48. The second kappa shape index (κ2) is 4.58. The molecule has 0 radical (unpaired) electrons. The van der Waals surface area contributed by atoms with E-state index in [-0.39, 0.29) is 5.91 Å². The summed E-state index contributed by atoms with van der Waals surface area (Å²) in [5.41, 5.74) is 2.20. The van der Waals surface area contributed by atoms with Crippen LogP contribution in [-0.4, -0.2) is 33.3 Å². The first-order valence-electron chi connectivity index (χ1n) is 7.86. The Bertz CT molecular complexity index is 692. The first kappa shape index (κ1) is 12.9. The van der Waals surface area contributed by atoms with E-state index in [1.165, 1.54) is 25.7 Å². The highest BCUT2D eigenvalue weighted by atomic mass is 16.2. The SMILES string of the molecule is CC1CCC2(CCN(C(=O)c3ccc4cncn4c3)C2)C1. The molecule has 2 unspecified atom stereocenters. The first-order valence-corrected chi connectivity index (χ1v) is 7.86. The lowest BCUT2D eigenvalue weighted by molar-refractivity contribution is 0.0772. The normalized spacial score (nSPS) is 28.8. The zero-order valence-electron chi connectivity index (χ0n) is 12.5. The van der Waals surface area contributed by atoms with Gasteiger partial charge in [-0.1, -0.05) is 13.3 Å². The molecule has 2 atom stereocenters. The lowest BCUT2D eigenvalue weighted by Crippen LogP contribution is -2.31. The highest BCUT2D eigenvalue weighted by molar-refractivity contribution is 5.94. The molecule has 2 aromatic rings. The van der Waals surface area contributed by atoms with Crippen LogP contribution in [0.1, 0.15) is 43.0 Å². The average molecular weight is 283 g/mol. The highest BCUT2D eigenvalue weighted by Gasteiger charge is 2.44. The number of rotatable bonds is 1. The molecular weight excluding hydrogens is 262 g/mol. The molecule has 4 rings (SSSR count). The van der Waals surface area contributed by atoms with E-state index in [0.717, 1.165) is 30.1 Å². The third kappa shape index (κ3) is 2.13. The molecule has 1 aliphatic heterocycles. The Labute approximate surface area is 124 Å². The van der Waals surface area contributed by atoms with E-state index in [0.29, 0.717) is 5.41 Å². The monoisotopic (exact) mass is 283 g/mol. The molecule has 1 aliphatic carbocycles. The Hall–Kier alpha value is -1.84. The quantitative estimate of drug-likeness (QED) is 0.807. The molecule has 1 spiro atoms. The van der Waals surface area contributed by atoms with Gasteiger partial charge in [0.25, 0.3) is 5.91 Å². The van der Waals surface area contributed by atoms with Crippen molar-refractivity contribution >= 4 is 11.4 Å². The zero-order valence-corrected chi connectivity index (χ0v) is 12.5. The van der Waals surface area contributed by atoms with Crippen molar-refractivity contribution in [1.29, 1.82) is 0 Å². The molecule has 110 valence electrons. The Morgan fingerprint density at radius 2 is 2.29 bits per heavy atom. The van der Waals surface area contributed by atoms with E-state index in [1.807, 2.05) is 22.7 Å². The summed E-state index contributed by atoms with van der Waals surface area (Å²) in [5, 5.41) is 0. The number of likely N-dealkylation sites (tertiary alicyclic amines) is 1. The Balaban J connectivity index is 1.55. The summed E-state index contributed by atoms with van der Waals surface area (Å²) in [7, 11) is 0. The van der Waals surface area contributed by atoms with Crippen LogP contribution in [0.25, 0.3) is 5.52 Å². The van der Waals surface area contributed by atoms with Crippen LogP contribution in [0.15, 0.2) is 30.9 Å². The molecule has 0 bridgehead atoms. The van der Waals surface area contributed by atoms with Crippen LogP contribution in [0.5, 0.6) is 0 Å². The minimum Gasteiger partial charge on any atom is -0.338 e. The van der Waals surface area contributed by atoms with Crippen LogP contribution in [-0.2, 0) is 0 Å². The van der Waals surface area contributed by atoms with Gasteiger partial charge in [-0.05, 0) is 42.7 Å². The second-order valence-corrected chi connectivity index (χ2v) is 6.97. The molecule has 0 N–H and O–H groups in total. The van der Waals surface area contributed by atoms with Crippen LogP contribution in [0.3, 0.4) is 0 Å². The molecule has 0 aromatic carbocycles. The van der Waals surface area contributed by atoms with Gasteiger partial charge >= 0.3 is 0 Å². The molecule has 1 amide bonds. The number of pyridine rings is 1. The van der Waals surface area contributed by atoms with Crippen molar-refractivity contribution in [3.8, 4) is 0 Å². The molecular formula is C17H21N3O. The molecule has 1 saturated carbocycles. The summed E-state index contributed by atoms with van der Waals surface area (Å²) < 4.78 is 1.91. The standard InChI is InChI=1S/C17H21N3O/c1-13-4-5-17(8-13)6-7-19(11-17)16(21)14-2-3-15-9-18-12-20(15)10-14/h2-3,9-10,12-13H,4-8,11H2,1H3. The van der Waals surface area contributed by atoms with E-state index < -0.39 is 0 Å². The molecule has 1 saturated heterocycles. The number of fused-ring (bicyclic) bond motifs is 1. The van der Waals surface area contributed by atoms with Gasteiger partial charge in [-0.3, -0.25) is 4.79 Å². The number of nitrogens with zero attached hydrogens (tertiary/aromatic N) is 3. The number of carbonyl (C=O) groups is 1. The Morgan fingerprint density at radius 3 is 3.10 bits per heavy atom. The van der Waals surface area contributed by atoms with Gasteiger partial charge in [-0.15, -0.1) is 0 Å². The fourth-order valence-electron chi connectivity index (χ4n) is 4.20. The van der Waals surface area contributed by atoms with Gasteiger partial charge in [0, 0.05) is 19.3 Å². The lowest BCUT2D eigenvalue weighted by Gasteiger charge is -2.24. The van der Waals surface area contributed by atoms with Crippen molar-refractivity contribution in [3.63, 3.8) is 0 Å². The topological polar surface area (TPSA) is 37.6 Å². The summed E-state index contributed by atoms with van der Waals surface area (Å²) >= 11 is 0. The average Bonchev–Trinajstić information content (AvgIpc) is 3.19. The van der Waals surface area contributed by atoms with Crippen LogP contribution in [0.2, 0.25) is 0 Å². The predicted octanol–water partition coefficient (Wildman–Crippen LogP) is 2.99. The van der Waals surface area contributed by atoms with Crippen molar-refractivity contribution < 1.29 is 4.79 Å². The largest absolute Gasteiger partial charge is 0.338 e. The summed E-state index contributed by atoms with van der Waals surface area (Å²) in [5.74, 6) is 0.990. The van der Waals surface area contributed by atoms with E-state index in [4.69, 9.17) is 0 Å². The molecule has 2 aromatic heterocycles. The van der Waals surface area contributed by atoms with Gasteiger partial charge in [0.2, 0.25) is 0 Å². The third-order valence-electron chi connectivity index (χ3n) is 5.33. The molecule has 4 nitrogen and oxygen atoms in total. The minimum atomic E-state index is 0.169. The number of amides is 1. The van der Waals surface area contributed by atoms with Crippen molar-refractivity contribution in [1.82, 2.24) is 14.3 Å². The lowest BCUT2D eigenvalue weighted by atomic mass is 9.85. The van der Waals surface area contributed by atoms with Gasteiger partial charge in [-0.2, -0.15) is 0 Å². The second-order valence-electron chi connectivity index (χ2n) is 6.97. The fourth-order valence-corrected chi connectivity index (χ4v) is 4.20. The third-order valence-corrected chi connectivity index (χ3v) is 5.33. The summed E-state index contributed by atoms with van der Waals surface area (Å²) in [6.07, 6.45) is 10.5. The fraction of sp³-hybridized carbons (Fsp3) is 0.529. The predicted molar refractivity (Wildman–Crippen MR) is 81.2 cm³/mol. The maximum Gasteiger partial charge on any atom is 0.255 e. The smallest absolute Gasteiger partial charge is 0.255 e. The van der Waals surface area contributed by atoms with E-state index >= 15 is 0 Å². The van der Waals surface area contributed by atoms with Crippen LogP contribution >= 0.6 is 0 Å². The number of aromatic nitrogens is 2. The van der Waals surface area contributed by atoms with Crippen molar-refractivity contribution in [2.45, 2.75) is 32.6 Å². The Morgan fingerprint density at radius 1 is 1.38 bits per heavy atom. The number of hydrogen-bond acceptors (Lipinski definition) is 2. The van der Waals surface area contributed by atoms with Crippen LogP contribution in [0.4, 0.5) is 0 Å². The van der Waals surface area contributed by atoms with Crippen molar-refractivity contribution in [3.05, 3.63) is 36.4 Å². The first-order chi connectivity index (χ1) is 10.2. The maximum absolute atomic E-state index is 12.7. The Kier molecular flexibility index (Phi) is 2.81. The maximum atomic E-state index is 12.7. The van der Waals surface area contributed by atoms with E-state index in [9.17, 15) is 4.79 Å². The molecule has 3 heterocycles. The molecule has 2 aliphatic rings. The van der Waals surface area contributed by atoms with Crippen molar-refractivity contribution in [2.75, 3.05) is 13.1 Å². The summed E-state index contributed by atoms with van der Waals surface area (Å²) in [6, 6.07) is 3.88. The van der Waals surface area contributed by atoms with Crippen LogP contribution in [0, 0.1) is 11.3 Å². The van der Waals surface area contributed by atoms with E-state index in [1.54, 1.807) is 12.5 Å². The van der Waals surface area contributed by atoms with Gasteiger partial charge in [0.1, 0.15) is 0 Å². The molecule has 21 heavy (non-hydrogen) atoms. The van der Waals surface area contributed by atoms with Gasteiger partial charge < -0.3 is 9.30 Å². The van der Waals surface area contributed by atoms with Gasteiger partial charge in [0.05, 0.1) is 23.6 Å². The van der Waals surface area contributed by atoms with Crippen molar-refractivity contribution in [2.24, 2.45) is 11.3 Å². The zero-order chi connectivity index (χ0) is 14.4. The van der Waals surface area contributed by atoms with Gasteiger partial charge in [-0.25, -0.2) is 4.98 Å². The molecule has 4 heteroatoms. The number of hydrogen-bond donors (Lipinski definition) is 0. The van der Waals surface area contributed by atoms with Gasteiger partial charge in [0.15, 0.2) is 0 Å². The van der Waals surface area contributed by atoms with E-state index in [2.05, 4.69) is 16.8 Å². The minimum absolute atomic E-state index is 0.169.